The molecule has 0 saturated carbocycles. The minimum Gasteiger partial charge on any atom is -0.495 e. The topological polar surface area (TPSA) is 51.5 Å². The van der Waals surface area contributed by atoms with E-state index in [0.717, 1.165) is 0 Å². The van der Waals surface area contributed by atoms with Gasteiger partial charge in [-0.3, -0.25) is 0 Å². The molecule has 0 bridgehead atoms. The lowest BCUT2D eigenvalue weighted by atomic mass is 10.2. The fourth-order valence-corrected chi connectivity index (χ4v) is 1.78. The normalized spacial score (nSPS) is 10.2. The van der Waals surface area contributed by atoms with Gasteiger partial charge in [-0.1, -0.05) is 11.6 Å². The molecule has 2 rings (SSSR count). The highest BCUT2D eigenvalue weighted by Crippen LogP contribution is 2.27. The second-order valence-electron chi connectivity index (χ2n) is 3.38. The lowest BCUT2D eigenvalue weighted by Crippen LogP contribution is -2.06. The lowest BCUT2D eigenvalue weighted by Gasteiger charge is -2.11. The van der Waals surface area contributed by atoms with Crippen LogP contribution < -0.4 is 4.74 Å². The molecule has 1 aromatic heterocycles. The largest absolute Gasteiger partial charge is 0.495 e. The molecule has 4 nitrogen and oxygen atoms in total. The Balaban J connectivity index is 2.63. The maximum atomic E-state index is 11.0. The number of nitrogens with zero attached hydrogens (tertiary/aromatic N) is 1. The molecule has 0 atom stereocenters. The van der Waals surface area contributed by atoms with Crippen molar-refractivity contribution in [3.63, 3.8) is 0 Å². The summed E-state index contributed by atoms with van der Waals surface area (Å²) < 4.78 is 6.71. The molecule has 88 valence electrons. The summed E-state index contributed by atoms with van der Waals surface area (Å²) >= 11 is 5.91. The molecule has 1 N–H and O–H groups in total. The number of halogens is 1. The Morgan fingerprint density at radius 2 is 2.18 bits per heavy atom. The Hall–Kier alpha value is -1.94. The molecule has 1 heterocycles. The summed E-state index contributed by atoms with van der Waals surface area (Å²) in [5.74, 6) is -0.440. The molecule has 0 aliphatic heterocycles. The number of carboxylic acid groups (broad SMARTS) is 1. The highest BCUT2D eigenvalue weighted by atomic mass is 35.5. The first-order valence-electron chi connectivity index (χ1n) is 4.88. The fourth-order valence-electron chi connectivity index (χ4n) is 1.62. The van der Waals surface area contributed by atoms with Gasteiger partial charge in [0.1, 0.15) is 11.4 Å². The van der Waals surface area contributed by atoms with Crippen LogP contribution in [0.2, 0.25) is 5.02 Å². The predicted molar refractivity (Wildman–Crippen MR) is 64.3 cm³/mol. The number of ether oxygens (including phenoxy) is 1. The number of methoxy groups -OCH3 is 1. The van der Waals surface area contributed by atoms with Gasteiger partial charge in [0.05, 0.1) is 12.8 Å². The minimum absolute atomic E-state index is 0.158. The quantitative estimate of drug-likeness (QED) is 0.913. The summed E-state index contributed by atoms with van der Waals surface area (Å²) in [7, 11) is 1.52. The fraction of sp³-hybridized carbons (Fsp3) is 0.0833. The van der Waals surface area contributed by atoms with Gasteiger partial charge in [-0.05, 0) is 30.3 Å². The summed E-state index contributed by atoms with van der Waals surface area (Å²) in [6.07, 6.45) is 1.65. The molecule has 5 heteroatoms. The van der Waals surface area contributed by atoms with Gasteiger partial charge in [0.2, 0.25) is 0 Å². The van der Waals surface area contributed by atoms with E-state index in [-0.39, 0.29) is 5.69 Å². The first-order chi connectivity index (χ1) is 8.13. The Bertz CT molecular complexity index is 563. The van der Waals surface area contributed by atoms with Crippen LogP contribution in [-0.4, -0.2) is 22.8 Å². The molecule has 1 aromatic carbocycles. The van der Waals surface area contributed by atoms with E-state index >= 15 is 0 Å². The van der Waals surface area contributed by atoms with Gasteiger partial charge in [0, 0.05) is 11.2 Å². The molecular formula is C12H10ClNO3. The molecule has 0 amide bonds. The maximum Gasteiger partial charge on any atom is 0.352 e. The van der Waals surface area contributed by atoms with Crippen molar-refractivity contribution < 1.29 is 14.6 Å². The van der Waals surface area contributed by atoms with Crippen LogP contribution in [0.5, 0.6) is 5.75 Å². The van der Waals surface area contributed by atoms with Crippen LogP contribution in [-0.2, 0) is 0 Å². The van der Waals surface area contributed by atoms with Crippen molar-refractivity contribution in [2.75, 3.05) is 7.11 Å². The van der Waals surface area contributed by atoms with Crippen molar-refractivity contribution in [1.29, 1.82) is 0 Å². The van der Waals surface area contributed by atoms with Gasteiger partial charge in [0.15, 0.2) is 0 Å². The Kier molecular flexibility index (Phi) is 3.06. The summed E-state index contributed by atoms with van der Waals surface area (Å²) in [6.45, 7) is 0. The molecule has 17 heavy (non-hydrogen) atoms. The van der Waals surface area contributed by atoms with Crippen molar-refractivity contribution in [3.05, 3.63) is 47.2 Å². The van der Waals surface area contributed by atoms with Crippen molar-refractivity contribution in [3.8, 4) is 11.4 Å². The summed E-state index contributed by atoms with van der Waals surface area (Å²) in [5, 5.41) is 9.57. The highest BCUT2D eigenvalue weighted by Gasteiger charge is 2.13. The van der Waals surface area contributed by atoms with E-state index in [1.54, 1.807) is 30.5 Å². The van der Waals surface area contributed by atoms with Gasteiger partial charge in [-0.15, -0.1) is 0 Å². The van der Waals surface area contributed by atoms with Gasteiger partial charge < -0.3 is 14.4 Å². The SMILES string of the molecule is COc1ccc(Cl)cc1-n1cccc1C(=O)O. The Labute approximate surface area is 103 Å². The third kappa shape index (κ3) is 2.12. The van der Waals surface area contributed by atoms with Crippen LogP contribution in [0.15, 0.2) is 36.5 Å². The van der Waals surface area contributed by atoms with Crippen molar-refractivity contribution in [2.45, 2.75) is 0 Å². The average molecular weight is 252 g/mol. The predicted octanol–water partition coefficient (Wildman–Crippen LogP) is 2.84. The number of hydrogen-bond acceptors (Lipinski definition) is 2. The number of hydrogen-bond donors (Lipinski definition) is 1. The van der Waals surface area contributed by atoms with Crippen molar-refractivity contribution >= 4 is 17.6 Å². The minimum atomic E-state index is -1.00. The first-order valence-corrected chi connectivity index (χ1v) is 5.26. The van der Waals surface area contributed by atoms with Crippen molar-refractivity contribution in [2.24, 2.45) is 0 Å². The molecule has 0 aliphatic rings. The van der Waals surface area contributed by atoms with Crippen LogP contribution in [0.25, 0.3) is 5.69 Å². The Morgan fingerprint density at radius 1 is 1.41 bits per heavy atom. The van der Waals surface area contributed by atoms with Crippen LogP contribution in [0.1, 0.15) is 10.5 Å². The zero-order chi connectivity index (χ0) is 12.4. The lowest BCUT2D eigenvalue weighted by molar-refractivity contribution is 0.0688. The molecule has 0 radical (unpaired) electrons. The standard InChI is InChI=1S/C12H10ClNO3/c1-17-11-5-4-8(13)7-10(11)14-6-2-3-9(14)12(15)16/h2-7H,1H3,(H,15,16). The summed E-state index contributed by atoms with van der Waals surface area (Å²) in [4.78, 5) is 11.0. The smallest absolute Gasteiger partial charge is 0.352 e. The maximum absolute atomic E-state index is 11.0. The van der Waals surface area contributed by atoms with Crippen LogP contribution in [0.3, 0.4) is 0 Å². The van der Waals surface area contributed by atoms with E-state index < -0.39 is 5.97 Å². The molecule has 0 aliphatic carbocycles. The number of benzene rings is 1. The summed E-state index contributed by atoms with van der Waals surface area (Å²) in [5.41, 5.74) is 0.757. The van der Waals surface area contributed by atoms with E-state index in [1.165, 1.54) is 17.7 Å². The number of aromatic carboxylic acids is 1. The molecule has 0 fully saturated rings. The second kappa shape index (κ2) is 4.51. The number of carbonyl (C=O) groups is 1. The molecule has 2 aromatic rings. The molecule has 0 spiro atoms. The average Bonchev–Trinajstić information content (AvgIpc) is 2.77. The van der Waals surface area contributed by atoms with Crippen LogP contribution in [0.4, 0.5) is 0 Å². The van der Waals surface area contributed by atoms with E-state index in [4.69, 9.17) is 21.4 Å². The molecule has 0 unspecified atom stereocenters. The van der Waals surface area contributed by atoms with Gasteiger partial charge in [-0.25, -0.2) is 4.79 Å². The van der Waals surface area contributed by atoms with E-state index in [1.807, 2.05) is 0 Å². The van der Waals surface area contributed by atoms with Gasteiger partial charge >= 0.3 is 5.97 Å². The highest BCUT2D eigenvalue weighted by molar-refractivity contribution is 6.30. The van der Waals surface area contributed by atoms with Gasteiger partial charge in [-0.2, -0.15) is 0 Å². The molecular weight excluding hydrogens is 242 g/mol. The Morgan fingerprint density at radius 3 is 2.82 bits per heavy atom. The van der Waals surface area contributed by atoms with Crippen molar-refractivity contribution in [1.82, 2.24) is 4.57 Å². The third-order valence-corrected chi connectivity index (χ3v) is 2.60. The summed E-state index contributed by atoms with van der Waals surface area (Å²) in [6, 6.07) is 8.22. The zero-order valence-corrected chi connectivity index (χ0v) is 9.81. The van der Waals surface area contributed by atoms with E-state index in [0.29, 0.717) is 16.5 Å². The first kappa shape index (κ1) is 11.5. The number of carboxylic acids is 1. The second-order valence-corrected chi connectivity index (χ2v) is 3.82. The molecule has 0 saturated heterocycles. The van der Waals surface area contributed by atoms with E-state index in [9.17, 15) is 4.79 Å². The van der Waals surface area contributed by atoms with E-state index in [2.05, 4.69) is 0 Å². The zero-order valence-electron chi connectivity index (χ0n) is 9.05. The monoisotopic (exact) mass is 251 g/mol. The third-order valence-electron chi connectivity index (χ3n) is 2.37. The number of rotatable bonds is 3. The van der Waals surface area contributed by atoms with Crippen LogP contribution in [0, 0.1) is 0 Å². The number of aromatic nitrogens is 1. The van der Waals surface area contributed by atoms with Gasteiger partial charge in [0.25, 0.3) is 0 Å². The van der Waals surface area contributed by atoms with Crippen LogP contribution >= 0.6 is 11.6 Å².